The first-order valence-corrected chi connectivity index (χ1v) is 11.8. The summed E-state index contributed by atoms with van der Waals surface area (Å²) in [6.07, 6.45) is 29.8. The smallest absolute Gasteiger partial charge is 0.0207 e. The van der Waals surface area contributed by atoms with E-state index in [1.54, 1.807) is 0 Å². The molecule has 0 rings (SSSR count). The largest absolute Gasteiger partial charge is 0.317 e. The van der Waals surface area contributed by atoms with E-state index in [4.69, 9.17) is 5.21 Å². The van der Waals surface area contributed by atoms with Crippen LogP contribution in [0, 0.1) is 0 Å². The molecule has 0 aromatic carbocycles. The van der Waals surface area contributed by atoms with Crippen molar-refractivity contribution in [3.8, 4) is 0 Å². The Morgan fingerprint density at radius 1 is 0.400 bits per heavy atom. The molecule has 2 N–H and O–H groups in total. The van der Waals surface area contributed by atoms with Crippen LogP contribution in [-0.2, 0) is 0 Å². The van der Waals surface area contributed by atoms with Gasteiger partial charge in [-0.1, -0.05) is 135 Å². The molecule has 0 spiro atoms. The van der Waals surface area contributed by atoms with Crippen LogP contribution in [0.1, 0.15) is 142 Å². The maximum atomic E-state index is 8.47. The van der Waals surface area contributed by atoms with Crippen molar-refractivity contribution in [3.05, 3.63) is 0 Å². The van der Waals surface area contributed by atoms with E-state index < -0.39 is 0 Å². The van der Waals surface area contributed by atoms with E-state index in [-0.39, 0.29) is 0 Å². The van der Waals surface area contributed by atoms with Crippen molar-refractivity contribution in [3.63, 3.8) is 0 Å². The fraction of sp³-hybridized carbons (Fsp3) is 1.00. The summed E-state index contributed by atoms with van der Waals surface area (Å²) in [5.41, 5.74) is 2.23. The summed E-state index contributed by atoms with van der Waals surface area (Å²) < 4.78 is 0. The molecule has 0 aliphatic heterocycles. The SMILES string of the molecule is CCCCCCCCCCCCCCCCCCCCCCCNO. The van der Waals surface area contributed by atoms with Gasteiger partial charge in [0.2, 0.25) is 0 Å². The summed E-state index contributed by atoms with van der Waals surface area (Å²) in [5.74, 6) is 0. The Hall–Kier alpha value is -0.0800. The van der Waals surface area contributed by atoms with Crippen LogP contribution >= 0.6 is 0 Å². The minimum atomic E-state index is 0.749. The minimum Gasteiger partial charge on any atom is -0.317 e. The first kappa shape index (κ1) is 24.9. The van der Waals surface area contributed by atoms with Gasteiger partial charge in [-0.3, -0.25) is 0 Å². The molecule has 0 bridgehead atoms. The number of unbranched alkanes of at least 4 members (excludes halogenated alkanes) is 20. The lowest BCUT2D eigenvalue weighted by atomic mass is 10.0. The molecule has 0 atom stereocenters. The van der Waals surface area contributed by atoms with Crippen molar-refractivity contribution < 1.29 is 5.21 Å². The molecule has 152 valence electrons. The number of hydrogen-bond donors (Lipinski definition) is 2. The number of hydrogen-bond acceptors (Lipinski definition) is 2. The zero-order valence-corrected chi connectivity index (χ0v) is 17.5. The standard InChI is InChI=1S/C23H49NO/c1-2-3-4-5-6-7-8-9-10-11-12-13-14-15-16-17-18-19-20-21-22-23-24-25/h24-25H,2-23H2,1H3. The quantitative estimate of drug-likeness (QED) is 0.151. The number of hydroxylamine groups is 1. The third kappa shape index (κ3) is 23.9. The number of rotatable bonds is 22. The predicted molar refractivity (Wildman–Crippen MR) is 112 cm³/mol. The van der Waals surface area contributed by atoms with E-state index in [0.29, 0.717) is 0 Å². The minimum absolute atomic E-state index is 0.749. The summed E-state index contributed by atoms with van der Waals surface area (Å²) in [6, 6.07) is 0. The molecule has 0 aliphatic rings. The summed E-state index contributed by atoms with van der Waals surface area (Å²) in [4.78, 5) is 0. The van der Waals surface area contributed by atoms with E-state index in [1.807, 2.05) is 0 Å². The van der Waals surface area contributed by atoms with Crippen molar-refractivity contribution in [1.82, 2.24) is 5.48 Å². The second-order valence-electron chi connectivity index (χ2n) is 7.98. The molecule has 0 heterocycles. The Balaban J connectivity index is 2.94. The van der Waals surface area contributed by atoms with E-state index in [2.05, 4.69) is 12.4 Å². The molecule has 0 aliphatic carbocycles. The third-order valence-corrected chi connectivity index (χ3v) is 5.39. The fourth-order valence-corrected chi connectivity index (χ4v) is 3.64. The lowest BCUT2D eigenvalue weighted by Crippen LogP contribution is -2.07. The molecule has 0 radical (unpaired) electrons. The van der Waals surface area contributed by atoms with Crippen molar-refractivity contribution in [2.24, 2.45) is 0 Å². The molecule has 0 amide bonds. The molecule has 2 heteroatoms. The average Bonchev–Trinajstić information content (AvgIpc) is 2.63. The zero-order valence-electron chi connectivity index (χ0n) is 17.5. The molecule has 0 unspecified atom stereocenters. The molecule has 0 saturated heterocycles. The van der Waals surface area contributed by atoms with Gasteiger partial charge in [-0.05, 0) is 6.42 Å². The predicted octanol–water partition coefficient (Wildman–Crippen LogP) is 8.18. The molecule has 0 saturated carbocycles. The average molecular weight is 356 g/mol. The summed E-state index contributed by atoms with van der Waals surface area (Å²) in [6.45, 7) is 3.04. The Morgan fingerprint density at radius 3 is 0.880 bits per heavy atom. The Bertz CT molecular complexity index is 198. The third-order valence-electron chi connectivity index (χ3n) is 5.39. The van der Waals surface area contributed by atoms with Crippen LogP contribution in [-0.4, -0.2) is 11.8 Å². The van der Waals surface area contributed by atoms with E-state index in [9.17, 15) is 0 Å². The van der Waals surface area contributed by atoms with Crippen molar-refractivity contribution >= 4 is 0 Å². The highest BCUT2D eigenvalue weighted by Gasteiger charge is 1.95. The van der Waals surface area contributed by atoms with Gasteiger partial charge in [-0.2, -0.15) is 0 Å². The van der Waals surface area contributed by atoms with Gasteiger partial charge in [0.25, 0.3) is 0 Å². The van der Waals surface area contributed by atoms with Crippen LogP contribution in [0.3, 0.4) is 0 Å². The summed E-state index contributed by atoms with van der Waals surface area (Å²) in [7, 11) is 0. The van der Waals surface area contributed by atoms with Crippen LogP contribution in [0.25, 0.3) is 0 Å². The Morgan fingerprint density at radius 2 is 0.640 bits per heavy atom. The fourth-order valence-electron chi connectivity index (χ4n) is 3.64. The van der Waals surface area contributed by atoms with Gasteiger partial charge in [0.1, 0.15) is 0 Å². The van der Waals surface area contributed by atoms with E-state index in [1.165, 1.54) is 128 Å². The van der Waals surface area contributed by atoms with Gasteiger partial charge in [0.15, 0.2) is 0 Å². The molecule has 2 nitrogen and oxygen atoms in total. The van der Waals surface area contributed by atoms with Crippen LogP contribution < -0.4 is 5.48 Å². The first-order valence-electron chi connectivity index (χ1n) is 11.8. The van der Waals surface area contributed by atoms with Crippen LogP contribution in [0.5, 0.6) is 0 Å². The van der Waals surface area contributed by atoms with Crippen LogP contribution in [0.2, 0.25) is 0 Å². The maximum Gasteiger partial charge on any atom is 0.0207 e. The first-order chi connectivity index (χ1) is 12.4. The normalized spacial score (nSPS) is 11.3. The van der Waals surface area contributed by atoms with E-state index in [0.717, 1.165) is 13.0 Å². The topological polar surface area (TPSA) is 32.3 Å². The molecule has 25 heavy (non-hydrogen) atoms. The van der Waals surface area contributed by atoms with Gasteiger partial charge < -0.3 is 5.21 Å². The Kier molecular flexibility index (Phi) is 23.8. The second-order valence-corrected chi connectivity index (χ2v) is 7.98. The monoisotopic (exact) mass is 355 g/mol. The summed E-state index contributed by atoms with van der Waals surface area (Å²) >= 11 is 0. The highest BCUT2D eigenvalue weighted by Crippen LogP contribution is 2.14. The zero-order chi connectivity index (χ0) is 18.3. The van der Waals surface area contributed by atoms with Crippen molar-refractivity contribution in [2.45, 2.75) is 142 Å². The van der Waals surface area contributed by atoms with Gasteiger partial charge in [0, 0.05) is 6.54 Å². The van der Waals surface area contributed by atoms with Crippen LogP contribution in [0.4, 0.5) is 0 Å². The van der Waals surface area contributed by atoms with Crippen molar-refractivity contribution in [2.75, 3.05) is 6.54 Å². The number of nitrogens with one attached hydrogen (secondary N) is 1. The molecular weight excluding hydrogens is 306 g/mol. The lowest BCUT2D eigenvalue weighted by molar-refractivity contribution is 0.164. The Labute approximate surface area is 159 Å². The van der Waals surface area contributed by atoms with Crippen LogP contribution in [0.15, 0.2) is 0 Å². The summed E-state index contributed by atoms with van der Waals surface area (Å²) in [5, 5.41) is 8.47. The highest BCUT2D eigenvalue weighted by molar-refractivity contribution is 4.51. The van der Waals surface area contributed by atoms with E-state index >= 15 is 0 Å². The van der Waals surface area contributed by atoms with Crippen molar-refractivity contribution in [1.29, 1.82) is 0 Å². The maximum absolute atomic E-state index is 8.47. The second kappa shape index (κ2) is 23.9. The van der Waals surface area contributed by atoms with Gasteiger partial charge >= 0.3 is 0 Å². The molecular formula is C23H49NO. The molecule has 0 aromatic rings. The molecule has 0 aromatic heterocycles. The van der Waals surface area contributed by atoms with Gasteiger partial charge in [-0.15, -0.1) is 0 Å². The van der Waals surface area contributed by atoms with Gasteiger partial charge in [-0.25, -0.2) is 5.48 Å². The van der Waals surface area contributed by atoms with Gasteiger partial charge in [0.05, 0.1) is 0 Å². The lowest BCUT2D eigenvalue weighted by Gasteiger charge is -2.04. The highest BCUT2D eigenvalue weighted by atomic mass is 16.5. The molecule has 0 fully saturated rings.